The third-order valence-electron chi connectivity index (χ3n) is 2.71. The molecule has 0 bridgehead atoms. The van der Waals surface area contributed by atoms with Gasteiger partial charge >= 0.3 is 6.18 Å². The molecule has 0 aliphatic carbocycles. The Bertz CT molecular complexity index is 382. The van der Waals surface area contributed by atoms with Crippen LogP contribution in [0.25, 0.3) is 0 Å². The topological polar surface area (TPSA) is 29.0 Å². The lowest BCUT2D eigenvalue weighted by molar-refractivity contribution is -0.138. The van der Waals surface area contributed by atoms with Gasteiger partial charge in [-0.1, -0.05) is 11.3 Å². The van der Waals surface area contributed by atoms with Gasteiger partial charge in [-0.15, -0.1) is 21.8 Å². The molecule has 96 valence electrons. The van der Waals surface area contributed by atoms with Crippen molar-refractivity contribution >= 4 is 28.1 Å². The summed E-state index contributed by atoms with van der Waals surface area (Å²) in [5.41, 5.74) is 0. The van der Waals surface area contributed by atoms with Crippen molar-refractivity contribution in [3.8, 4) is 0 Å². The molecule has 0 amide bonds. The number of anilines is 1. The molecule has 17 heavy (non-hydrogen) atoms. The summed E-state index contributed by atoms with van der Waals surface area (Å²) in [5.74, 6) is 0.404. The van der Waals surface area contributed by atoms with Gasteiger partial charge < -0.3 is 4.90 Å². The number of rotatable bonds is 2. The zero-order valence-corrected chi connectivity index (χ0v) is 10.4. The number of hydrogen-bond donors (Lipinski definition) is 0. The maximum atomic E-state index is 12.4. The summed E-state index contributed by atoms with van der Waals surface area (Å²) in [7, 11) is 0. The van der Waals surface area contributed by atoms with Crippen molar-refractivity contribution < 1.29 is 13.2 Å². The van der Waals surface area contributed by atoms with Gasteiger partial charge in [-0.25, -0.2) is 0 Å². The summed E-state index contributed by atoms with van der Waals surface area (Å²) in [4.78, 5) is 1.84. The van der Waals surface area contributed by atoms with Crippen LogP contribution in [-0.4, -0.2) is 28.7 Å². The van der Waals surface area contributed by atoms with Crippen LogP contribution < -0.4 is 4.90 Å². The van der Waals surface area contributed by atoms with E-state index in [9.17, 15) is 13.2 Å². The number of aromatic nitrogens is 2. The van der Waals surface area contributed by atoms with E-state index in [1.807, 2.05) is 4.90 Å². The van der Waals surface area contributed by atoms with Gasteiger partial charge in [0.2, 0.25) is 10.1 Å². The van der Waals surface area contributed by atoms with E-state index in [1.54, 1.807) is 0 Å². The zero-order valence-electron chi connectivity index (χ0n) is 8.87. The summed E-state index contributed by atoms with van der Waals surface area (Å²) in [5, 5.41) is 6.24. The lowest BCUT2D eigenvalue weighted by Crippen LogP contribution is -2.40. The third-order valence-corrected chi connectivity index (χ3v) is 4.07. The molecule has 1 aliphatic rings. The number of alkyl halides is 4. The summed E-state index contributed by atoms with van der Waals surface area (Å²) in [6.45, 7) is 0.698. The minimum Gasteiger partial charge on any atom is -0.342 e. The summed E-state index contributed by atoms with van der Waals surface area (Å²) in [6.07, 6.45) is -1.51. The van der Waals surface area contributed by atoms with Gasteiger partial charge in [0.15, 0.2) is 0 Å². The molecule has 0 N–H and O–H groups in total. The van der Waals surface area contributed by atoms with Crippen molar-refractivity contribution in [1.29, 1.82) is 0 Å². The number of piperidine rings is 1. The smallest absolute Gasteiger partial charge is 0.342 e. The van der Waals surface area contributed by atoms with E-state index in [4.69, 9.17) is 11.6 Å². The largest absolute Gasteiger partial charge is 0.445 e. The molecule has 1 fully saturated rings. The van der Waals surface area contributed by atoms with Gasteiger partial charge in [0.25, 0.3) is 0 Å². The van der Waals surface area contributed by atoms with E-state index in [0.29, 0.717) is 28.9 Å². The molecule has 1 unspecified atom stereocenters. The SMILES string of the molecule is FC(F)(F)c1nnc(N2CCCCC2CCl)s1. The van der Waals surface area contributed by atoms with Gasteiger partial charge in [-0.3, -0.25) is 0 Å². The lowest BCUT2D eigenvalue weighted by Gasteiger charge is -2.33. The minimum absolute atomic E-state index is 0.0689. The molecule has 0 spiro atoms. The van der Waals surface area contributed by atoms with Crippen molar-refractivity contribution in [2.24, 2.45) is 0 Å². The molecule has 0 radical (unpaired) electrons. The fourth-order valence-electron chi connectivity index (χ4n) is 1.86. The maximum Gasteiger partial charge on any atom is 0.445 e. The maximum absolute atomic E-state index is 12.4. The molecule has 0 aromatic carbocycles. The van der Waals surface area contributed by atoms with Crippen LogP contribution in [0.1, 0.15) is 24.3 Å². The monoisotopic (exact) mass is 285 g/mol. The normalized spacial score (nSPS) is 21.9. The Morgan fingerprint density at radius 1 is 1.35 bits per heavy atom. The first kappa shape index (κ1) is 12.9. The van der Waals surface area contributed by atoms with Crippen molar-refractivity contribution in [1.82, 2.24) is 10.2 Å². The molecule has 2 rings (SSSR count). The number of nitrogens with zero attached hydrogens (tertiary/aromatic N) is 3. The molecule has 1 aromatic rings. The predicted molar refractivity (Wildman–Crippen MR) is 60.6 cm³/mol. The van der Waals surface area contributed by atoms with E-state index >= 15 is 0 Å². The third kappa shape index (κ3) is 2.82. The molecular formula is C9H11ClF3N3S. The predicted octanol–water partition coefficient (Wildman–Crippen LogP) is 3.15. The average Bonchev–Trinajstić information content (AvgIpc) is 2.77. The van der Waals surface area contributed by atoms with Crippen LogP contribution in [0.2, 0.25) is 0 Å². The fraction of sp³-hybridized carbons (Fsp3) is 0.778. The molecular weight excluding hydrogens is 275 g/mol. The zero-order chi connectivity index (χ0) is 12.5. The second-order valence-corrected chi connectivity index (χ2v) is 5.15. The van der Waals surface area contributed by atoms with Crippen molar-refractivity contribution in [3.05, 3.63) is 5.01 Å². The Balaban J connectivity index is 2.18. The summed E-state index contributed by atoms with van der Waals surface area (Å²) >= 11 is 6.40. The van der Waals surface area contributed by atoms with Crippen LogP contribution in [0.4, 0.5) is 18.3 Å². The molecule has 8 heteroatoms. The second-order valence-electron chi connectivity index (χ2n) is 3.88. The Kier molecular flexibility index (Phi) is 3.77. The highest BCUT2D eigenvalue weighted by atomic mass is 35.5. The number of halogens is 4. The Hall–Kier alpha value is -0.560. The highest BCUT2D eigenvalue weighted by Crippen LogP contribution is 2.36. The van der Waals surface area contributed by atoms with E-state index in [2.05, 4.69) is 10.2 Å². The molecule has 1 aliphatic heterocycles. The lowest BCUT2D eigenvalue weighted by atomic mass is 10.0. The highest BCUT2D eigenvalue weighted by Gasteiger charge is 2.37. The van der Waals surface area contributed by atoms with E-state index in [1.165, 1.54) is 0 Å². The van der Waals surface area contributed by atoms with Crippen LogP contribution in [0.5, 0.6) is 0 Å². The van der Waals surface area contributed by atoms with E-state index < -0.39 is 11.2 Å². The molecule has 1 saturated heterocycles. The van der Waals surface area contributed by atoms with Crippen LogP contribution in [0.15, 0.2) is 0 Å². The second kappa shape index (κ2) is 4.97. The Labute approximate surface area is 106 Å². The average molecular weight is 286 g/mol. The van der Waals surface area contributed by atoms with Crippen molar-refractivity contribution in [2.75, 3.05) is 17.3 Å². The van der Waals surface area contributed by atoms with E-state index in [0.717, 1.165) is 19.3 Å². The van der Waals surface area contributed by atoms with Crippen LogP contribution in [0, 0.1) is 0 Å². The summed E-state index contributed by atoms with van der Waals surface area (Å²) in [6, 6.07) is 0.0689. The van der Waals surface area contributed by atoms with Gasteiger partial charge in [-0.05, 0) is 19.3 Å². The molecule has 3 nitrogen and oxygen atoms in total. The van der Waals surface area contributed by atoms with Crippen LogP contribution in [-0.2, 0) is 6.18 Å². The molecule has 1 aromatic heterocycles. The fourth-order valence-corrected chi connectivity index (χ4v) is 2.99. The van der Waals surface area contributed by atoms with Gasteiger partial charge in [0, 0.05) is 18.5 Å². The van der Waals surface area contributed by atoms with E-state index in [-0.39, 0.29) is 6.04 Å². The molecule has 2 heterocycles. The first-order valence-corrected chi connectivity index (χ1v) is 6.61. The minimum atomic E-state index is -4.41. The standard InChI is InChI=1S/C9H11ClF3N3S/c10-5-6-3-1-2-4-16(6)8-15-14-7(17-8)9(11,12)13/h6H,1-5H2. The highest BCUT2D eigenvalue weighted by molar-refractivity contribution is 7.15. The Morgan fingerprint density at radius 3 is 2.71 bits per heavy atom. The van der Waals surface area contributed by atoms with Crippen molar-refractivity contribution in [3.63, 3.8) is 0 Å². The van der Waals surface area contributed by atoms with Gasteiger partial charge in [0.05, 0.1) is 0 Å². The van der Waals surface area contributed by atoms with Crippen LogP contribution >= 0.6 is 22.9 Å². The quantitative estimate of drug-likeness (QED) is 0.782. The van der Waals surface area contributed by atoms with Gasteiger partial charge in [0.1, 0.15) is 0 Å². The van der Waals surface area contributed by atoms with Crippen molar-refractivity contribution in [2.45, 2.75) is 31.5 Å². The van der Waals surface area contributed by atoms with Gasteiger partial charge in [-0.2, -0.15) is 13.2 Å². The summed E-state index contributed by atoms with van der Waals surface area (Å²) < 4.78 is 37.2. The molecule has 1 atom stereocenters. The Morgan fingerprint density at radius 2 is 2.12 bits per heavy atom. The first-order chi connectivity index (χ1) is 8.02. The number of hydrogen-bond acceptors (Lipinski definition) is 4. The molecule has 0 saturated carbocycles. The van der Waals surface area contributed by atoms with Crippen LogP contribution in [0.3, 0.4) is 0 Å². The first-order valence-electron chi connectivity index (χ1n) is 5.25.